The minimum atomic E-state index is -0.209. The number of likely N-dealkylation sites (tertiary alicyclic amines) is 2. The van der Waals surface area contributed by atoms with E-state index in [-0.39, 0.29) is 81.7 Å². The number of hydrogen-bond acceptors (Lipinski definition) is 11. The summed E-state index contributed by atoms with van der Waals surface area (Å²) in [7, 11) is 0. The molecule has 4 aliphatic heterocycles. The smallest absolute Gasteiger partial charge is 0.303 e. The average Bonchev–Trinajstić information content (AvgIpc) is 4.08. The van der Waals surface area contributed by atoms with Gasteiger partial charge in [-0.3, -0.25) is 24.3 Å². The van der Waals surface area contributed by atoms with E-state index in [1.54, 1.807) is 19.9 Å². The van der Waals surface area contributed by atoms with E-state index in [0.717, 1.165) is 126 Å². The van der Waals surface area contributed by atoms with Crippen LogP contribution in [0.2, 0.25) is 0 Å². The van der Waals surface area contributed by atoms with Crippen molar-refractivity contribution in [2.45, 2.75) is 206 Å². The molecule has 0 aromatic carbocycles. The molecular weight excluding hydrogens is 1110 g/mol. The Morgan fingerprint density at radius 1 is 0.590 bits per heavy atom. The van der Waals surface area contributed by atoms with Crippen LogP contribution < -0.4 is 0 Å². The Kier molecular flexibility index (Phi) is 20.0. The Labute approximate surface area is 490 Å². The molecule has 8 saturated carbocycles. The maximum atomic E-state index is 12.5. The van der Waals surface area contributed by atoms with Gasteiger partial charge in [-0.25, -0.2) is 0 Å². The minimum Gasteiger partial charge on any atom is -0.460 e. The largest absolute Gasteiger partial charge is 0.460 e. The fourth-order valence-electron chi connectivity index (χ4n) is 21.6. The van der Waals surface area contributed by atoms with Crippen LogP contribution in [0.5, 0.6) is 0 Å². The Bertz CT molecular complexity index is 2050. The molecule has 4 saturated heterocycles. The topological polar surface area (TPSA) is 121 Å². The first kappa shape index (κ1) is 61.6. The number of hydrogen-bond donors (Lipinski definition) is 2. The van der Waals surface area contributed by atoms with Gasteiger partial charge in [0.05, 0.1) is 58.3 Å². The standard InChI is InChI=1S/C32H53N2O4.C29H48N2O4.C3H5Br.BrH/c1-5-14-34(15-6-7-16-34)28-20-26-24-9-8-23-19-29(36)27(33-12-17-37-18-13-33)21-32(23,4)25(24)10-11-31(26,3)30(28)38-22(2)35;1-19(32)35-27-24(30-10-4-5-11-30)17-23-21-7-6-20-16-26(33)25(31-12-14-34-15-13-31)18-29(20,3)22(21)8-9-28(23,27)2;1-2-3-4;/h5,23-30,36H,1,6-21H2,2-4H3;20-27,33H,4-18H2,1-3H3;2H,1,3H2;1H/q+1;;;/t23-,24+,25-,26-,27-,28-,29-,30-,31-,32-;20-,21+,22-,23-,24-,25-,26-,27-,28-,29-;;/m00../s1. The van der Waals surface area contributed by atoms with Crippen molar-refractivity contribution >= 4 is 44.9 Å². The van der Waals surface area contributed by atoms with Gasteiger partial charge in [-0.2, -0.15) is 0 Å². The predicted molar refractivity (Wildman–Crippen MR) is 317 cm³/mol. The summed E-state index contributed by atoms with van der Waals surface area (Å²) < 4.78 is 24.9. The van der Waals surface area contributed by atoms with E-state index in [4.69, 9.17) is 18.9 Å². The lowest BCUT2D eigenvalue weighted by atomic mass is 9.44. The molecule has 78 heavy (non-hydrogen) atoms. The molecule has 12 rings (SSSR count). The molecule has 0 aromatic rings. The number of allylic oxidation sites excluding steroid dienone is 1. The number of rotatable bonds is 9. The highest BCUT2D eigenvalue weighted by molar-refractivity contribution is 9.09. The zero-order valence-corrected chi connectivity index (χ0v) is 52.7. The first-order valence-corrected chi connectivity index (χ1v) is 32.8. The Morgan fingerprint density at radius 2 is 1.03 bits per heavy atom. The van der Waals surface area contributed by atoms with E-state index >= 15 is 0 Å². The summed E-state index contributed by atoms with van der Waals surface area (Å²) >= 11 is 3.13. The van der Waals surface area contributed by atoms with Crippen LogP contribution in [0.3, 0.4) is 0 Å². The van der Waals surface area contributed by atoms with Crippen LogP contribution in [0.1, 0.15) is 157 Å². The van der Waals surface area contributed by atoms with E-state index in [0.29, 0.717) is 53.0 Å². The summed E-state index contributed by atoms with van der Waals surface area (Å²) in [6, 6.07) is 1.34. The van der Waals surface area contributed by atoms with E-state index in [9.17, 15) is 19.8 Å². The monoisotopic (exact) mass is 1220 g/mol. The third kappa shape index (κ3) is 11.4. The number of ether oxygens (including phenoxy) is 4. The van der Waals surface area contributed by atoms with Crippen LogP contribution in [0.15, 0.2) is 25.3 Å². The first-order chi connectivity index (χ1) is 36.9. The molecule has 12 aliphatic rings. The molecular formula is C64H107Br2N4O8+. The number of alkyl halides is 1. The lowest BCUT2D eigenvalue weighted by molar-refractivity contribution is -0.937. The SMILES string of the molecule is Br.C=CCBr.C=CC[N+]1([C@H]2C[C@H]3[C@@H]4CC[C@H]5C[C@H](O)[C@@H](N6CCOCC6)C[C@]5(C)[C@H]4CC[C@]3(C)[C@H]2OC(C)=O)CCCC1.CC(=O)O[C@H]1[C@@H](N2CCCC2)C[C@H]2[C@@H]3CC[C@H]4C[C@H](O)[C@@H](N5CCOCC5)C[C@]4(C)[C@H]3CC[C@@]21C. The summed E-state index contributed by atoms with van der Waals surface area (Å²) in [5, 5.41) is 23.4. The van der Waals surface area contributed by atoms with Gasteiger partial charge in [0.15, 0.2) is 6.10 Å². The third-order valence-corrected chi connectivity index (χ3v) is 25.7. The maximum Gasteiger partial charge on any atom is 0.303 e. The first-order valence-electron chi connectivity index (χ1n) is 31.7. The van der Waals surface area contributed by atoms with Gasteiger partial charge in [-0.1, -0.05) is 56.3 Å². The van der Waals surface area contributed by atoms with Crippen LogP contribution in [0, 0.1) is 69.0 Å². The second-order valence-corrected chi connectivity index (χ2v) is 29.2. The molecule has 0 aromatic heterocycles. The van der Waals surface area contributed by atoms with Crippen molar-refractivity contribution in [3.8, 4) is 0 Å². The van der Waals surface area contributed by atoms with Crippen molar-refractivity contribution in [2.24, 2.45) is 69.0 Å². The highest BCUT2D eigenvalue weighted by Crippen LogP contribution is 2.69. The van der Waals surface area contributed by atoms with E-state index in [1.165, 1.54) is 96.6 Å². The third-order valence-electron chi connectivity index (χ3n) is 25.2. The van der Waals surface area contributed by atoms with E-state index < -0.39 is 0 Å². The molecule has 0 amide bonds. The quantitative estimate of drug-likeness (QED) is 0.0994. The summed E-state index contributed by atoms with van der Waals surface area (Å²) in [5.41, 5.74) is 0.742. The summed E-state index contributed by atoms with van der Waals surface area (Å²) in [6.07, 6.45) is 25.1. The Morgan fingerprint density at radius 3 is 1.47 bits per heavy atom. The number of carbonyl (C=O) groups excluding carboxylic acids is 2. The molecule has 8 aliphatic carbocycles. The van der Waals surface area contributed by atoms with Crippen LogP contribution in [-0.2, 0) is 28.5 Å². The van der Waals surface area contributed by atoms with Gasteiger partial charge in [0.2, 0.25) is 0 Å². The number of morpholine rings is 2. The number of aliphatic hydroxyl groups is 2. The predicted octanol–water partition coefficient (Wildman–Crippen LogP) is 10.3. The minimum absolute atomic E-state index is 0. The van der Waals surface area contributed by atoms with Crippen molar-refractivity contribution < 1.29 is 43.2 Å². The van der Waals surface area contributed by atoms with Crippen molar-refractivity contribution in [3.63, 3.8) is 0 Å². The van der Waals surface area contributed by atoms with Gasteiger partial charge in [-0.15, -0.1) is 23.6 Å². The second kappa shape index (κ2) is 25.3. The molecule has 20 atom stereocenters. The van der Waals surface area contributed by atoms with Gasteiger partial charge in [-0.05, 0) is 174 Å². The van der Waals surface area contributed by atoms with Crippen molar-refractivity contribution in [2.75, 3.05) is 90.7 Å². The Hall–Kier alpha value is -0.940. The summed E-state index contributed by atoms with van der Waals surface area (Å²) in [4.78, 5) is 32.4. The number of quaternary nitrogens is 1. The number of aliphatic hydroxyl groups excluding tert-OH is 2. The van der Waals surface area contributed by atoms with Gasteiger partial charge in [0, 0.05) is 93.6 Å². The molecule has 2 N–H and O–H groups in total. The van der Waals surface area contributed by atoms with Crippen LogP contribution in [-0.4, -0.2) is 181 Å². The number of carbonyl (C=O) groups is 2. The molecule has 0 radical (unpaired) electrons. The molecule has 4 heterocycles. The number of halogens is 2. The lowest BCUT2D eigenvalue weighted by Gasteiger charge is -2.62. The van der Waals surface area contributed by atoms with Gasteiger partial charge in [0.1, 0.15) is 12.1 Å². The zero-order chi connectivity index (χ0) is 54.5. The van der Waals surface area contributed by atoms with Crippen LogP contribution in [0.4, 0.5) is 0 Å². The normalized spacial score (nSPS) is 46.8. The highest BCUT2D eigenvalue weighted by atomic mass is 79.9. The van der Waals surface area contributed by atoms with Crippen LogP contribution >= 0.6 is 32.9 Å². The second-order valence-electron chi connectivity index (χ2n) is 28.5. The molecule has 0 unspecified atom stereocenters. The maximum absolute atomic E-state index is 12.5. The zero-order valence-electron chi connectivity index (χ0n) is 49.4. The lowest BCUT2D eigenvalue weighted by Crippen LogP contribution is -2.61. The number of fused-ring (bicyclic) bond motifs is 10. The molecule has 14 heteroatoms. The van der Waals surface area contributed by atoms with E-state index in [1.807, 2.05) is 0 Å². The van der Waals surface area contributed by atoms with Crippen molar-refractivity contribution in [3.05, 3.63) is 25.3 Å². The van der Waals surface area contributed by atoms with Crippen molar-refractivity contribution in [1.82, 2.24) is 14.7 Å². The van der Waals surface area contributed by atoms with Crippen molar-refractivity contribution in [1.29, 1.82) is 0 Å². The summed E-state index contributed by atoms with van der Waals surface area (Å²) in [5.74, 6) is 5.17. The molecule has 444 valence electrons. The molecule has 12 fully saturated rings. The number of nitrogens with zero attached hydrogens (tertiary/aromatic N) is 4. The summed E-state index contributed by atoms with van der Waals surface area (Å²) in [6.45, 7) is 33.7. The number of esters is 2. The van der Waals surface area contributed by atoms with E-state index in [2.05, 4.69) is 77.6 Å². The Balaban J connectivity index is 0.000000176. The van der Waals surface area contributed by atoms with Crippen LogP contribution in [0.25, 0.3) is 0 Å². The fourth-order valence-corrected chi connectivity index (χ4v) is 21.6. The van der Waals surface area contributed by atoms with Gasteiger partial charge in [0.25, 0.3) is 0 Å². The van der Waals surface area contributed by atoms with Gasteiger partial charge >= 0.3 is 11.9 Å². The molecule has 0 bridgehead atoms. The average molecular weight is 1220 g/mol. The molecule has 0 spiro atoms. The fraction of sp³-hybridized carbons (Fsp3) is 0.906. The molecule has 12 nitrogen and oxygen atoms in total. The van der Waals surface area contributed by atoms with Gasteiger partial charge < -0.3 is 33.6 Å². The highest BCUT2D eigenvalue weighted by Gasteiger charge is 2.69.